The number of nitrogens with zero attached hydrogens (tertiary/aromatic N) is 1. The van der Waals surface area contributed by atoms with E-state index in [9.17, 15) is 19.0 Å². The van der Waals surface area contributed by atoms with E-state index < -0.39 is 32.5 Å². The number of hydrogen-bond donors (Lipinski definition) is 1. The standard InChI is InChI=1S/C51H96NO8P/c1-6-8-10-12-14-16-18-20-22-23-24-25-26-27-28-29-30-32-33-35-37-39-41-43-50(53)57-47-49(48-59-61(55,56)58-46-45-52(3,4)5)60-51(54)44-42-40-38-36-34-31-21-19-17-15-13-11-9-7-2/h19,21,29-30,35,37,49H,6-18,20,22-28,31-34,36,38-48H2,1-5H3/p+1/b21-19+,30-29+,37-35+/t49-/m0/s1. The summed E-state index contributed by atoms with van der Waals surface area (Å²) in [6.45, 7) is 4.38. The van der Waals surface area contributed by atoms with Crippen LogP contribution in [0.4, 0.5) is 0 Å². The number of quaternary nitrogens is 1. The van der Waals surface area contributed by atoms with E-state index in [0.717, 1.165) is 57.8 Å². The molecule has 2 atom stereocenters. The molecule has 0 spiro atoms. The van der Waals surface area contributed by atoms with Gasteiger partial charge in [0.2, 0.25) is 0 Å². The molecule has 0 aromatic heterocycles. The third-order valence-electron chi connectivity index (χ3n) is 10.9. The maximum Gasteiger partial charge on any atom is 0.472 e. The highest BCUT2D eigenvalue weighted by Crippen LogP contribution is 2.43. The Bertz CT molecular complexity index is 1130. The first-order chi connectivity index (χ1) is 29.5. The lowest BCUT2D eigenvalue weighted by Gasteiger charge is -2.24. The number of phosphoric ester groups is 1. The number of carbonyl (C=O) groups is 2. The van der Waals surface area contributed by atoms with Gasteiger partial charge in [-0.1, -0.05) is 179 Å². The van der Waals surface area contributed by atoms with Crippen molar-refractivity contribution in [2.75, 3.05) is 47.5 Å². The lowest BCUT2D eigenvalue weighted by atomic mass is 10.0. The minimum Gasteiger partial charge on any atom is -0.462 e. The minimum atomic E-state index is -4.39. The molecule has 9 nitrogen and oxygen atoms in total. The van der Waals surface area contributed by atoms with Gasteiger partial charge < -0.3 is 18.9 Å². The molecule has 0 aromatic carbocycles. The van der Waals surface area contributed by atoms with Crippen molar-refractivity contribution >= 4 is 19.8 Å². The van der Waals surface area contributed by atoms with E-state index in [1.54, 1.807) is 0 Å². The summed E-state index contributed by atoms with van der Waals surface area (Å²) in [5.41, 5.74) is 0. The van der Waals surface area contributed by atoms with E-state index in [0.29, 0.717) is 23.9 Å². The van der Waals surface area contributed by atoms with Gasteiger partial charge in [-0.15, -0.1) is 0 Å². The molecule has 0 saturated heterocycles. The zero-order valence-electron chi connectivity index (χ0n) is 40.4. The second-order valence-corrected chi connectivity index (χ2v) is 19.6. The second-order valence-electron chi connectivity index (χ2n) is 18.2. The van der Waals surface area contributed by atoms with Crippen LogP contribution in [0.5, 0.6) is 0 Å². The number of unbranched alkanes of at least 4 members (excludes halogenated alkanes) is 26. The molecule has 10 heteroatoms. The molecule has 0 saturated carbocycles. The molecule has 0 heterocycles. The van der Waals surface area contributed by atoms with Crippen LogP contribution in [0.1, 0.15) is 226 Å². The predicted molar refractivity (Wildman–Crippen MR) is 257 cm³/mol. The first kappa shape index (κ1) is 59.2. The van der Waals surface area contributed by atoms with Crippen LogP contribution in [-0.4, -0.2) is 74.9 Å². The smallest absolute Gasteiger partial charge is 0.462 e. The van der Waals surface area contributed by atoms with Crippen molar-refractivity contribution in [1.82, 2.24) is 0 Å². The van der Waals surface area contributed by atoms with Crippen molar-refractivity contribution in [3.8, 4) is 0 Å². The number of esters is 2. The van der Waals surface area contributed by atoms with Gasteiger partial charge in [-0.3, -0.25) is 18.6 Å². The normalized spacial score (nSPS) is 13.7. The minimum absolute atomic E-state index is 0.0246. The first-order valence-corrected chi connectivity index (χ1v) is 26.7. The van der Waals surface area contributed by atoms with E-state index in [1.807, 2.05) is 21.1 Å². The fourth-order valence-corrected chi connectivity index (χ4v) is 7.65. The highest BCUT2D eigenvalue weighted by atomic mass is 31.2. The number of hydrogen-bond acceptors (Lipinski definition) is 7. The van der Waals surface area contributed by atoms with E-state index in [1.165, 1.54) is 128 Å². The monoisotopic (exact) mass is 883 g/mol. The molecule has 0 fully saturated rings. The highest BCUT2D eigenvalue weighted by molar-refractivity contribution is 7.47. The molecule has 1 N–H and O–H groups in total. The topological polar surface area (TPSA) is 108 Å². The number of rotatable bonds is 46. The number of phosphoric acid groups is 1. The van der Waals surface area contributed by atoms with E-state index in [-0.39, 0.29) is 26.1 Å². The molecule has 0 aromatic rings. The molecular formula is C51H97NO8P+. The Kier molecular flexibility index (Phi) is 42.2. The Labute approximate surface area is 376 Å². The van der Waals surface area contributed by atoms with Gasteiger partial charge in [-0.25, -0.2) is 4.57 Å². The van der Waals surface area contributed by atoms with Crippen LogP contribution >= 0.6 is 7.82 Å². The van der Waals surface area contributed by atoms with Crippen LogP contribution < -0.4 is 0 Å². The van der Waals surface area contributed by atoms with E-state index in [2.05, 4.69) is 50.3 Å². The maximum atomic E-state index is 12.7. The van der Waals surface area contributed by atoms with Gasteiger partial charge in [-0.05, 0) is 70.6 Å². The molecule has 0 aliphatic carbocycles. The summed E-state index contributed by atoms with van der Waals surface area (Å²) in [5.74, 6) is -0.853. The third-order valence-corrected chi connectivity index (χ3v) is 11.9. The van der Waals surface area contributed by atoms with Gasteiger partial charge in [-0.2, -0.15) is 0 Å². The molecular weight excluding hydrogens is 786 g/mol. The van der Waals surface area contributed by atoms with Gasteiger partial charge in [0.25, 0.3) is 0 Å². The molecule has 61 heavy (non-hydrogen) atoms. The van der Waals surface area contributed by atoms with Gasteiger partial charge in [0.15, 0.2) is 6.10 Å². The van der Waals surface area contributed by atoms with Crippen molar-refractivity contribution < 1.29 is 42.1 Å². The van der Waals surface area contributed by atoms with Gasteiger partial charge >= 0.3 is 19.8 Å². The average Bonchev–Trinajstić information content (AvgIpc) is 3.21. The van der Waals surface area contributed by atoms with Crippen LogP contribution in [-0.2, 0) is 32.7 Å². The van der Waals surface area contributed by atoms with Crippen LogP contribution in [0.25, 0.3) is 0 Å². The third kappa shape index (κ3) is 47.5. The number of likely N-dealkylation sites (N-methyl/N-ethyl adjacent to an activating group) is 1. The molecule has 0 rings (SSSR count). The maximum absolute atomic E-state index is 12.7. The molecule has 1 unspecified atom stereocenters. The summed E-state index contributed by atoms with van der Waals surface area (Å²) in [7, 11) is 1.45. The van der Waals surface area contributed by atoms with Crippen molar-refractivity contribution in [2.24, 2.45) is 0 Å². The average molecular weight is 883 g/mol. The van der Waals surface area contributed by atoms with Crippen LogP contribution in [0.3, 0.4) is 0 Å². The van der Waals surface area contributed by atoms with Gasteiger partial charge in [0, 0.05) is 12.8 Å². The van der Waals surface area contributed by atoms with Crippen molar-refractivity contribution in [3.05, 3.63) is 36.5 Å². The van der Waals surface area contributed by atoms with Crippen molar-refractivity contribution in [2.45, 2.75) is 232 Å². The molecule has 0 amide bonds. The quantitative estimate of drug-likeness (QED) is 0.0212. The molecule has 0 bridgehead atoms. The fourth-order valence-electron chi connectivity index (χ4n) is 6.91. The second kappa shape index (κ2) is 43.5. The molecule has 358 valence electrons. The van der Waals surface area contributed by atoms with Crippen LogP contribution in [0.2, 0.25) is 0 Å². The van der Waals surface area contributed by atoms with Crippen LogP contribution in [0.15, 0.2) is 36.5 Å². The number of ether oxygens (including phenoxy) is 2. The Hall–Kier alpha value is -1.77. The molecule has 0 aliphatic rings. The lowest BCUT2D eigenvalue weighted by Crippen LogP contribution is -2.37. The largest absolute Gasteiger partial charge is 0.472 e. The Morgan fingerprint density at radius 1 is 0.492 bits per heavy atom. The van der Waals surface area contributed by atoms with Gasteiger partial charge in [0.1, 0.15) is 19.8 Å². The van der Waals surface area contributed by atoms with E-state index >= 15 is 0 Å². The Morgan fingerprint density at radius 2 is 0.869 bits per heavy atom. The summed E-state index contributed by atoms with van der Waals surface area (Å²) in [4.78, 5) is 35.4. The summed E-state index contributed by atoms with van der Waals surface area (Å²) in [5, 5.41) is 0. The highest BCUT2D eigenvalue weighted by Gasteiger charge is 2.27. The van der Waals surface area contributed by atoms with Crippen molar-refractivity contribution in [1.29, 1.82) is 0 Å². The van der Waals surface area contributed by atoms with Crippen molar-refractivity contribution in [3.63, 3.8) is 0 Å². The summed E-state index contributed by atoms with van der Waals surface area (Å²) in [6.07, 6.45) is 50.7. The first-order valence-electron chi connectivity index (χ1n) is 25.2. The number of carbonyl (C=O) groups excluding carboxylic acids is 2. The summed E-state index contributed by atoms with van der Waals surface area (Å²) in [6, 6.07) is 0. The van der Waals surface area contributed by atoms with E-state index in [4.69, 9.17) is 18.5 Å². The summed E-state index contributed by atoms with van der Waals surface area (Å²) < 4.78 is 34.3. The zero-order valence-corrected chi connectivity index (χ0v) is 41.3. The summed E-state index contributed by atoms with van der Waals surface area (Å²) >= 11 is 0. The van der Waals surface area contributed by atoms with Gasteiger partial charge in [0.05, 0.1) is 27.7 Å². The molecule has 0 radical (unpaired) electrons. The fraction of sp³-hybridized carbons (Fsp3) is 0.843. The molecule has 0 aliphatic heterocycles. The Balaban J connectivity index is 4.27. The predicted octanol–water partition coefficient (Wildman–Crippen LogP) is 14.9. The SMILES string of the molecule is CCCCCCC/C=C/CCCCCCCC(=O)O[C@@H](COC(=O)CCC/C=C/CC/C=C/CCCCCCCCCCCCCCCC)COP(=O)(O)OCC[N+](C)(C)C. The zero-order chi connectivity index (χ0) is 45.0. The number of allylic oxidation sites excluding steroid dienone is 6. The lowest BCUT2D eigenvalue weighted by molar-refractivity contribution is -0.870. The Morgan fingerprint density at radius 3 is 1.31 bits per heavy atom. The van der Waals surface area contributed by atoms with Crippen LogP contribution in [0, 0.1) is 0 Å².